The summed E-state index contributed by atoms with van der Waals surface area (Å²) in [6.45, 7) is 1.06. The normalized spacial score (nSPS) is 10.2. The predicted molar refractivity (Wildman–Crippen MR) is 76.5 cm³/mol. The summed E-state index contributed by atoms with van der Waals surface area (Å²) in [5.74, 6) is 0.565. The summed E-state index contributed by atoms with van der Waals surface area (Å²) in [6, 6.07) is 9.56. The van der Waals surface area contributed by atoms with Crippen molar-refractivity contribution >= 4 is 11.6 Å². The maximum Gasteiger partial charge on any atom is 0.273 e. The molecule has 6 nitrogen and oxygen atoms in total. The molecule has 0 aliphatic rings. The molecule has 1 aromatic carbocycles. The van der Waals surface area contributed by atoms with Crippen molar-refractivity contribution in [1.82, 2.24) is 15.1 Å². The van der Waals surface area contributed by atoms with E-state index in [-0.39, 0.29) is 11.6 Å². The quantitative estimate of drug-likeness (QED) is 0.775. The first kappa shape index (κ1) is 13.9. The molecule has 0 atom stereocenters. The van der Waals surface area contributed by atoms with Gasteiger partial charge in [0.25, 0.3) is 5.91 Å². The summed E-state index contributed by atoms with van der Waals surface area (Å²) >= 11 is 0. The van der Waals surface area contributed by atoms with Gasteiger partial charge in [-0.25, -0.2) is 0 Å². The summed E-state index contributed by atoms with van der Waals surface area (Å²) in [7, 11) is 1.72. The zero-order valence-corrected chi connectivity index (χ0v) is 11.4. The highest BCUT2D eigenvalue weighted by Crippen LogP contribution is 2.09. The molecule has 1 heterocycles. The van der Waals surface area contributed by atoms with Crippen LogP contribution in [0.1, 0.15) is 16.9 Å². The first-order valence-electron chi connectivity index (χ1n) is 6.42. The topological polar surface area (TPSA) is 82.2 Å². The standard InChI is InChI=1S/C14H18N4O2/c1-18-10-12(15)13(17-18)14(19)16-8-5-9-20-11-6-3-2-4-7-11/h2-4,6-7,10H,5,8-9,15H2,1H3,(H,16,19). The van der Waals surface area contributed by atoms with Gasteiger partial charge in [-0.3, -0.25) is 9.48 Å². The molecule has 1 aromatic heterocycles. The Balaban J connectivity index is 1.68. The number of benzene rings is 1. The lowest BCUT2D eigenvalue weighted by atomic mass is 10.3. The fourth-order valence-corrected chi connectivity index (χ4v) is 1.75. The molecule has 0 fully saturated rings. The molecule has 0 aliphatic heterocycles. The number of aromatic nitrogens is 2. The summed E-state index contributed by atoms with van der Waals surface area (Å²) in [6.07, 6.45) is 2.32. The lowest BCUT2D eigenvalue weighted by molar-refractivity contribution is 0.0946. The van der Waals surface area contributed by atoms with Gasteiger partial charge < -0.3 is 15.8 Å². The number of nitrogens with zero attached hydrogens (tertiary/aromatic N) is 2. The predicted octanol–water partition coefficient (Wildman–Crippen LogP) is 1.20. The van der Waals surface area contributed by atoms with Crippen LogP contribution in [0.5, 0.6) is 5.75 Å². The minimum Gasteiger partial charge on any atom is -0.494 e. The van der Waals surface area contributed by atoms with E-state index in [0.717, 1.165) is 5.75 Å². The molecule has 2 aromatic rings. The van der Waals surface area contributed by atoms with Gasteiger partial charge in [0, 0.05) is 19.8 Å². The number of nitrogen functional groups attached to an aromatic ring is 1. The van der Waals surface area contributed by atoms with Gasteiger partial charge in [0.1, 0.15) is 5.75 Å². The second-order valence-corrected chi connectivity index (χ2v) is 4.38. The SMILES string of the molecule is Cn1cc(N)c(C(=O)NCCCOc2ccccc2)n1. The molecule has 106 valence electrons. The Hall–Kier alpha value is -2.50. The van der Waals surface area contributed by atoms with Gasteiger partial charge in [-0.1, -0.05) is 18.2 Å². The number of ether oxygens (including phenoxy) is 1. The number of nitrogens with one attached hydrogen (secondary N) is 1. The minimum absolute atomic E-state index is 0.261. The minimum atomic E-state index is -0.261. The molecule has 6 heteroatoms. The average Bonchev–Trinajstić information content (AvgIpc) is 2.78. The molecule has 0 aliphatic carbocycles. The smallest absolute Gasteiger partial charge is 0.273 e. The molecule has 3 N–H and O–H groups in total. The zero-order valence-electron chi connectivity index (χ0n) is 11.4. The largest absolute Gasteiger partial charge is 0.494 e. The molecule has 0 spiro atoms. The van der Waals surface area contributed by atoms with E-state index in [0.29, 0.717) is 25.3 Å². The number of para-hydroxylation sites is 1. The van der Waals surface area contributed by atoms with Crippen LogP contribution in [0, 0.1) is 0 Å². The lowest BCUT2D eigenvalue weighted by Crippen LogP contribution is -2.26. The number of hydrogen-bond acceptors (Lipinski definition) is 4. The van der Waals surface area contributed by atoms with Crippen LogP contribution < -0.4 is 15.8 Å². The molecule has 0 saturated carbocycles. The number of aryl methyl sites for hydroxylation is 1. The molecule has 0 unspecified atom stereocenters. The van der Waals surface area contributed by atoms with Crippen molar-refractivity contribution in [2.45, 2.75) is 6.42 Å². The maximum atomic E-state index is 11.8. The third-order valence-electron chi connectivity index (χ3n) is 2.69. The molecule has 1 amide bonds. The second-order valence-electron chi connectivity index (χ2n) is 4.38. The zero-order chi connectivity index (χ0) is 14.4. The number of carbonyl (C=O) groups excluding carboxylic acids is 1. The third kappa shape index (κ3) is 3.74. The lowest BCUT2D eigenvalue weighted by Gasteiger charge is -2.06. The Labute approximate surface area is 117 Å². The van der Waals surface area contributed by atoms with Gasteiger partial charge in [-0.2, -0.15) is 5.10 Å². The number of amides is 1. The molecule has 0 radical (unpaired) electrons. The van der Waals surface area contributed by atoms with Gasteiger partial charge in [0.05, 0.1) is 12.3 Å². The summed E-state index contributed by atoms with van der Waals surface area (Å²) in [5, 5.41) is 6.77. The van der Waals surface area contributed by atoms with E-state index >= 15 is 0 Å². The van der Waals surface area contributed by atoms with Crippen LogP contribution in [0.3, 0.4) is 0 Å². The fraction of sp³-hybridized carbons (Fsp3) is 0.286. The summed E-state index contributed by atoms with van der Waals surface area (Å²) in [5.41, 5.74) is 6.32. The molecule has 2 rings (SSSR count). The first-order chi connectivity index (χ1) is 9.66. The maximum absolute atomic E-state index is 11.8. The van der Waals surface area contributed by atoms with Gasteiger partial charge in [0.15, 0.2) is 5.69 Å². The number of nitrogens with two attached hydrogens (primary N) is 1. The van der Waals surface area contributed by atoms with Crippen LogP contribution in [-0.2, 0) is 7.05 Å². The van der Waals surface area contributed by atoms with Crippen molar-refractivity contribution in [1.29, 1.82) is 0 Å². The number of carbonyl (C=O) groups is 1. The van der Waals surface area contributed by atoms with Crippen LogP contribution in [0.2, 0.25) is 0 Å². The van der Waals surface area contributed by atoms with Gasteiger partial charge in [0.2, 0.25) is 0 Å². The molecular formula is C14H18N4O2. The highest BCUT2D eigenvalue weighted by atomic mass is 16.5. The van der Waals surface area contributed by atoms with Gasteiger partial charge in [-0.15, -0.1) is 0 Å². The average molecular weight is 274 g/mol. The fourth-order valence-electron chi connectivity index (χ4n) is 1.75. The molecule has 20 heavy (non-hydrogen) atoms. The van der Waals surface area contributed by atoms with Crippen molar-refractivity contribution in [3.05, 3.63) is 42.2 Å². The Morgan fingerprint density at radius 3 is 2.80 bits per heavy atom. The van der Waals surface area contributed by atoms with E-state index in [2.05, 4.69) is 10.4 Å². The number of hydrogen-bond donors (Lipinski definition) is 2. The third-order valence-corrected chi connectivity index (χ3v) is 2.69. The van der Waals surface area contributed by atoms with Crippen molar-refractivity contribution in [2.75, 3.05) is 18.9 Å². The van der Waals surface area contributed by atoms with E-state index < -0.39 is 0 Å². The van der Waals surface area contributed by atoms with E-state index in [1.165, 1.54) is 4.68 Å². The Kier molecular flexibility index (Phi) is 4.60. The monoisotopic (exact) mass is 274 g/mol. The van der Waals surface area contributed by atoms with Crippen molar-refractivity contribution in [3.63, 3.8) is 0 Å². The Bertz CT molecular complexity index is 566. The van der Waals surface area contributed by atoms with Crippen LogP contribution >= 0.6 is 0 Å². The summed E-state index contributed by atoms with van der Waals surface area (Å²) < 4.78 is 7.04. The highest BCUT2D eigenvalue weighted by molar-refractivity contribution is 5.96. The van der Waals surface area contributed by atoms with Crippen molar-refractivity contribution < 1.29 is 9.53 Å². The Morgan fingerprint density at radius 1 is 1.40 bits per heavy atom. The van der Waals surface area contributed by atoms with Crippen LogP contribution in [0.15, 0.2) is 36.5 Å². The number of anilines is 1. The van der Waals surface area contributed by atoms with Crippen LogP contribution in [0.4, 0.5) is 5.69 Å². The molecule has 0 saturated heterocycles. The Morgan fingerprint density at radius 2 is 2.15 bits per heavy atom. The van der Waals surface area contributed by atoms with E-state index in [4.69, 9.17) is 10.5 Å². The van der Waals surface area contributed by atoms with Crippen LogP contribution in [0.25, 0.3) is 0 Å². The van der Waals surface area contributed by atoms with Crippen molar-refractivity contribution in [2.24, 2.45) is 7.05 Å². The van der Waals surface area contributed by atoms with E-state index in [1.807, 2.05) is 30.3 Å². The number of rotatable bonds is 6. The molecular weight excluding hydrogens is 256 g/mol. The van der Waals surface area contributed by atoms with Gasteiger partial charge in [-0.05, 0) is 18.6 Å². The van der Waals surface area contributed by atoms with Crippen molar-refractivity contribution in [3.8, 4) is 5.75 Å². The summed E-state index contributed by atoms with van der Waals surface area (Å²) in [4.78, 5) is 11.8. The van der Waals surface area contributed by atoms with E-state index in [9.17, 15) is 4.79 Å². The van der Waals surface area contributed by atoms with Gasteiger partial charge >= 0.3 is 0 Å². The second kappa shape index (κ2) is 6.60. The highest BCUT2D eigenvalue weighted by Gasteiger charge is 2.12. The first-order valence-corrected chi connectivity index (χ1v) is 6.42. The molecule has 0 bridgehead atoms. The van der Waals surface area contributed by atoms with Crippen LogP contribution in [-0.4, -0.2) is 28.8 Å². The van der Waals surface area contributed by atoms with E-state index in [1.54, 1.807) is 13.2 Å².